The molecule has 0 bridgehead atoms. The molecule has 0 aliphatic carbocycles. The van der Waals surface area contributed by atoms with Crippen LogP contribution >= 0.6 is 0 Å². The fraction of sp³-hybridized carbons (Fsp3) is 0.100. The van der Waals surface area contributed by atoms with Crippen LogP contribution in [0.5, 0.6) is 23.0 Å². The van der Waals surface area contributed by atoms with Crippen molar-refractivity contribution < 1.29 is 18.9 Å². The van der Waals surface area contributed by atoms with Crippen LogP contribution in [0.2, 0.25) is 0 Å². The van der Waals surface area contributed by atoms with Crippen LogP contribution in [0.1, 0.15) is 22.3 Å². The first-order valence-electron chi connectivity index (χ1n) is 15.2. The lowest BCUT2D eigenvalue weighted by atomic mass is 10.0. The summed E-state index contributed by atoms with van der Waals surface area (Å²) in [4.78, 5) is 10.1. The van der Waals surface area contributed by atoms with E-state index in [1.807, 2.05) is 121 Å². The lowest BCUT2D eigenvalue weighted by Crippen LogP contribution is -2.06. The van der Waals surface area contributed by atoms with E-state index in [0.717, 1.165) is 67.3 Å². The summed E-state index contributed by atoms with van der Waals surface area (Å²) in [7, 11) is 0. The summed E-state index contributed by atoms with van der Waals surface area (Å²) in [6, 6.07) is 47.4. The van der Waals surface area contributed by atoms with Crippen LogP contribution in [0, 0.1) is 0 Å². The van der Waals surface area contributed by atoms with Crippen molar-refractivity contribution in [2.75, 3.05) is 0 Å². The van der Waals surface area contributed by atoms with Crippen molar-refractivity contribution >= 4 is 22.1 Å². The molecule has 7 aromatic rings. The van der Waals surface area contributed by atoms with Gasteiger partial charge in [-0.05, 0) is 95.1 Å². The Morgan fingerprint density at radius 1 is 0.304 bits per heavy atom. The Bertz CT molecular complexity index is 1740. The summed E-state index contributed by atoms with van der Waals surface area (Å²) in [5, 5.41) is 0. The summed E-state index contributed by atoms with van der Waals surface area (Å²) in [5.41, 5.74) is 7.08. The highest BCUT2D eigenvalue weighted by atomic mass is 16.5. The molecule has 0 atom stereocenters. The van der Waals surface area contributed by atoms with Gasteiger partial charge in [0, 0.05) is 0 Å². The van der Waals surface area contributed by atoms with Crippen LogP contribution in [0.25, 0.3) is 22.1 Å². The Morgan fingerprint density at radius 2 is 0.522 bits per heavy atom. The second kappa shape index (κ2) is 13.8. The number of aromatic nitrogens is 2. The second-order valence-corrected chi connectivity index (χ2v) is 10.8. The van der Waals surface area contributed by atoms with Gasteiger partial charge in [-0.2, -0.15) is 0 Å². The van der Waals surface area contributed by atoms with Crippen molar-refractivity contribution in [1.29, 1.82) is 0 Å². The smallest absolute Gasteiger partial charge is 0.119 e. The number of benzene rings is 6. The van der Waals surface area contributed by atoms with Gasteiger partial charge in [0.05, 0.1) is 22.1 Å². The molecule has 6 aromatic carbocycles. The number of nitrogens with zero attached hydrogens (tertiary/aromatic N) is 2. The largest absolute Gasteiger partial charge is 0.489 e. The van der Waals surface area contributed by atoms with E-state index in [-0.39, 0.29) is 0 Å². The van der Waals surface area contributed by atoms with Crippen LogP contribution in [0.15, 0.2) is 146 Å². The van der Waals surface area contributed by atoms with Crippen LogP contribution in [0.4, 0.5) is 0 Å². The van der Waals surface area contributed by atoms with Crippen molar-refractivity contribution in [1.82, 2.24) is 9.97 Å². The quantitative estimate of drug-likeness (QED) is 0.130. The Hall–Kier alpha value is -5.88. The zero-order valence-electron chi connectivity index (χ0n) is 25.2. The molecule has 0 amide bonds. The number of rotatable bonds is 12. The molecule has 226 valence electrons. The average molecular weight is 605 g/mol. The molecule has 7 rings (SSSR count). The van der Waals surface area contributed by atoms with Crippen LogP contribution < -0.4 is 18.9 Å². The third-order valence-corrected chi connectivity index (χ3v) is 7.63. The van der Waals surface area contributed by atoms with E-state index in [1.165, 1.54) is 0 Å². The molecule has 1 heterocycles. The van der Waals surface area contributed by atoms with Crippen LogP contribution in [0.3, 0.4) is 0 Å². The zero-order valence-corrected chi connectivity index (χ0v) is 25.2. The number of hydrogen-bond acceptors (Lipinski definition) is 6. The van der Waals surface area contributed by atoms with E-state index >= 15 is 0 Å². The van der Waals surface area contributed by atoms with Gasteiger partial charge in [-0.1, -0.05) is 72.8 Å². The highest BCUT2D eigenvalue weighted by Crippen LogP contribution is 2.27. The third kappa shape index (κ3) is 7.08. The summed E-state index contributed by atoms with van der Waals surface area (Å²) in [6.07, 6.45) is 0. The second-order valence-electron chi connectivity index (χ2n) is 10.8. The van der Waals surface area contributed by atoms with E-state index < -0.39 is 0 Å². The molecule has 0 aliphatic rings. The first-order valence-corrected chi connectivity index (χ1v) is 15.2. The minimum absolute atomic E-state index is 0.374. The lowest BCUT2D eigenvalue weighted by Gasteiger charge is -2.16. The maximum Gasteiger partial charge on any atom is 0.119 e. The van der Waals surface area contributed by atoms with Crippen LogP contribution in [-0.2, 0) is 26.4 Å². The molecule has 0 N–H and O–H groups in total. The number of para-hydroxylation sites is 4. The molecule has 0 saturated carbocycles. The van der Waals surface area contributed by atoms with E-state index in [0.29, 0.717) is 26.4 Å². The SMILES string of the molecule is c1ccc(OCc2cc3nc4cc(COc5ccccc5)c(COc5ccccc5)cc4nc3cc2COc2ccccc2)cc1. The Labute approximate surface area is 267 Å². The lowest BCUT2D eigenvalue weighted by molar-refractivity contribution is 0.285. The Morgan fingerprint density at radius 3 is 0.739 bits per heavy atom. The molecule has 46 heavy (non-hydrogen) atoms. The van der Waals surface area contributed by atoms with Crippen molar-refractivity contribution in [2.24, 2.45) is 0 Å². The van der Waals surface area contributed by atoms with Gasteiger partial charge in [0.15, 0.2) is 0 Å². The zero-order chi connectivity index (χ0) is 31.0. The fourth-order valence-corrected chi connectivity index (χ4v) is 5.19. The average Bonchev–Trinajstić information content (AvgIpc) is 3.12. The predicted molar refractivity (Wildman–Crippen MR) is 180 cm³/mol. The summed E-state index contributed by atoms with van der Waals surface area (Å²) >= 11 is 0. The van der Waals surface area contributed by atoms with E-state index in [1.54, 1.807) is 0 Å². The third-order valence-electron chi connectivity index (χ3n) is 7.63. The van der Waals surface area contributed by atoms with Crippen molar-refractivity contribution in [3.05, 3.63) is 168 Å². The van der Waals surface area contributed by atoms with Gasteiger partial charge >= 0.3 is 0 Å². The number of fused-ring (bicyclic) bond motifs is 2. The molecule has 0 unspecified atom stereocenters. The maximum absolute atomic E-state index is 6.16. The first kappa shape index (κ1) is 28.9. The topological polar surface area (TPSA) is 62.7 Å². The first-order chi connectivity index (χ1) is 22.8. The number of hydrogen-bond donors (Lipinski definition) is 0. The normalized spacial score (nSPS) is 11.0. The van der Waals surface area contributed by atoms with Gasteiger partial charge in [-0.25, -0.2) is 9.97 Å². The fourth-order valence-electron chi connectivity index (χ4n) is 5.19. The van der Waals surface area contributed by atoms with Gasteiger partial charge < -0.3 is 18.9 Å². The monoisotopic (exact) mass is 604 g/mol. The van der Waals surface area contributed by atoms with Crippen LogP contribution in [-0.4, -0.2) is 9.97 Å². The molecule has 0 saturated heterocycles. The molecule has 0 aliphatic heterocycles. The van der Waals surface area contributed by atoms with Gasteiger partial charge in [0.25, 0.3) is 0 Å². The van der Waals surface area contributed by atoms with Gasteiger partial charge in [0.2, 0.25) is 0 Å². The molecule has 6 heteroatoms. The van der Waals surface area contributed by atoms with E-state index in [9.17, 15) is 0 Å². The molecule has 0 radical (unpaired) electrons. The highest BCUT2D eigenvalue weighted by molar-refractivity contribution is 5.87. The molecule has 0 fully saturated rings. The Kier molecular flexibility index (Phi) is 8.68. The molecular formula is C40H32N2O4. The van der Waals surface area contributed by atoms with E-state index in [4.69, 9.17) is 28.9 Å². The van der Waals surface area contributed by atoms with Crippen molar-refractivity contribution in [2.45, 2.75) is 26.4 Å². The van der Waals surface area contributed by atoms with Gasteiger partial charge in [-0.3, -0.25) is 0 Å². The summed E-state index contributed by atoms with van der Waals surface area (Å²) < 4.78 is 24.6. The highest BCUT2D eigenvalue weighted by Gasteiger charge is 2.14. The van der Waals surface area contributed by atoms with E-state index in [2.05, 4.69) is 24.3 Å². The predicted octanol–water partition coefficient (Wildman–Crippen LogP) is 9.10. The Balaban J connectivity index is 1.25. The summed E-state index contributed by atoms with van der Waals surface area (Å²) in [5.74, 6) is 3.21. The van der Waals surface area contributed by atoms with Crippen molar-refractivity contribution in [3.63, 3.8) is 0 Å². The maximum atomic E-state index is 6.16. The number of ether oxygens (including phenoxy) is 4. The molecular weight excluding hydrogens is 572 g/mol. The van der Waals surface area contributed by atoms with Gasteiger partial charge in [0.1, 0.15) is 49.4 Å². The standard InChI is InChI=1S/C40H32N2O4/c1-5-13-33(14-6-1)43-25-29-21-37-38(22-30(29)26-44-34-15-7-2-8-16-34)42-40-24-32(28-46-36-19-11-4-12-20-36)31(23-39(40)41-37)27-45-35-17-9-3-10-18-35/h1-24H,25-28H2. The minimum atomic E-state index is 0.374. The molecule has 0 spiro atoms. The molecule has 1 aromatic heterocycles. The summed E-state index contributed by atoms with van der Waals surface area (Å²) in [6.45, 7) is 1.50. The molecule has 6 nitrogen and oxygen atoms in total. The van der Waals surface area contributed by atoms with Gasteiger partial charge in [-0.15, -0.1) is 0 Å². The van der Waals surface area contributed by atoms with Crippen molar-refractivity contribution in [3.8, 4) is 23.0 Å². The minimum Gasteiger partial charge on any atom is -0.489 e.